The van der Waals surface area contributed by atoms with Crippen LogP contribution in [0.15, 0.2) is 78.0 Å². The smallest absolute Gasteiger partial charge is 0.212 e. The third-order valence-corrected chi connectivity index (χ3v) is 7.81. The number of rotatable bonds is 6. The highest BCUT2D eigenvalue weighted by Crippen LogP contribution is 2.45. The summed E-state index contributed by atoms with van der Waals surface area (Å²) in [6.07, 6.45) is 13.3. The maximum absolute atomic E-state index is 13.2. The Hall–Kier alpha value is -2.23. The van der Waals surface area contributed by atoms with Crippen LogP contribution in [0.1, 0.15) is 41.2 Å². The van der Waals surface area contributed by atoms with Crippen LogP contribution in [-0.2, 0) is 12.8 Å². The Morgan fingerprint density at radius 1 is 1.03 bits per heavy atom. The molecule has 0 N–H and O–H groups in total. The van der Waals surface area contributed by atoms with Crippen molar-refractivity contribution in [2.45, 2.75) is 38.0 Å². The van der Waals surface area contributed by atoms with Gasteiger partial charge in [-0.25, -0.2) is 4.98 Å². The second kappa shape index (κ2) is 8.13. The van der Waals surface area contributed by atoms with Gasteiger partial charge < -0.3 is 0 Å². The van der Waals surface area contributed by atoms with Gasteiger partial charge in [0.1, 0.15) is 0 Å². The zero-order chi connectivity index (χ0) is 20.6. The van der Waals surface area contributed by atoms with Crippen LogP contribution < -0.4 is 0 Å². The molecule has 2 aliphatic rings. The molecule has 0 amide bonds. The molecule has 2 aliphatic carbocycles. The predicted molar refractivity (Wildman–Crippen MR) is 123 cm³/mol. The van der Waals surface area contributed by atoms with E-state index in [0.29, 0.717) is 0 Å². The van der Waals surface area contributed by atoms with Crippen molar-refractivity contribution in [3.63, 3.8) is 0 Å². The average molecular weight is 436 g/mol. The summed E-state index contributed by atoms with van der Waals surface area (Å²) < 4.78 is 13.2. The first-order chi connectivity index (χ1) is 14.6. The number of thiophene rings is 1. The molecule has 0 radical (unpaired) electrons. The van der Waals surface area contributed by atoms with Gasteiger partial charge in [0.15, 0.2) is 0 Å². The van der Waals surface area contributed by atoms with E-state index in [4.69, 9.17) is 11.6 Å². The van der Waals surface area contributed by atoms with E-state index in [2.05, 4.69) is 53.5 Å². The molecule has 1 saturated carbocycles. The van der Waals surface area contributed by atoms with Crippen molar-refractivity contribution in [2.24, 2.45) is 5.41 Å². The molecule has 3 aromatic rings. The summed E-state index contributed by atoms with van der Waals surface area (Å²) in [6, 6.07) is 16.6. The lowest BCUT2D eigenvalue weighted by Gasteiger charge is -2.34. The third kappa shape index (κ3) is 4.14. The minimum atomic E-state index is -0.451. The number of allylic oxidation sites excluding steroid dienone is 4. The molecule has 2 heterocycles. The molecule has 0 spiro atoms. The molecule has 1 nitrogen and oxygen atoms in total. The van der Waals surface area contributed by atoms with Crippen molar-refractivity contribution in [3.8, 4) is 10.4 Å². The van der Waals surface area contributed by atoms with Crippen LogP contribution in [0, 0.1) is 11.4 Å². The highest BCUT2D eigenvalue weighted by Gasteiger charge is 2.35. The van der Waals surface area contributed by atoms with Crippen molar-refractivity contribution in [3.05, 3.63) is 99.9 Å². The Bertz CT molecular complexity index is 1090. The number of hydrogen-bond donors (Lipinski definition) is 0. The fourth-order valence-corrected chi connectivity index (χ4v) is 5.72. The fourth-order valence-electron chi connectivity index (χ4n) is 4.29. The summed E-state index contributed by atoms with van der Waals surface area (Å²) >= 11 is 8.57. The minimum absolute atomic E-state index is 0.124. The molecule has 0 bridgehead atoms. The molecule has 1 aromatic carbocycles. The fraction of sp³-hybridized carbons (Fsp3) is 0.269. The summed E-state index contributed by atoms with van der Waals surface area (Å²) in [4.78, 5) is 6.17. The molecule has 5 rings (SSSR count). The van der Waals surface area contributed by atoms with Crippen molar-refractivity contribution in [2.75, 3.05) is 0 Å². The number of nitrogens with zero attached hydrogens (tertiary/aromatic N) is 1. The second-order valence-electron chi connectivity index (χ2n) is 8.43. The SMILES string of the molecule is Fc1ccc(-c2ccc(CC3(Cc4ccc(C5CC5)cc4)CC=CC=C3Cl)s2)cn1. The van der Waals surface area contributed by atoms with E-state index in [-0.39, 0.29) is 5.41 Å². The first-order valence-electron chi connectivity index (χ1n) is 10.4. The molecule has 4 heteroatoms. The molecule has 2 aromatic heterocycles. The Kier molecular flexibility index (Phi) is 5.34. The molecular weight excluding hydrogens is 413 g/mol. The number of pyridine rings is 1. The van der Waals surface area contributed by atoms with Gasteiger partial charge >= 0.3 is 0 Å². The van der Waals surface area contributed by atoms with Gasteiger partial charge in [-0.3, -0.25) is 0 Å². The summed E-state index contributed by atoms with van der Waals surface area (Å²) in [7, 11) is 0. The number of hydrogen-bond acceptors (Lipinski definition) is 2. The first-order valence-corrected chi connectivity index (χ1v) is 11.6. The highest BCUT2D eigenvalue weighted by molar-refractivity contribution is 7.15. The highest BCUT2D eigenvalue weighted by atomic mass is 35.5. The van der Waals surface area contributed by atoms with Gasteiger partial charge in [0.25, 0.3) is 0 Å². The molecule has 1 unspecified atom stereocenters. The lowest BCUT2D eigenvalue weighted by Crippen LogP contribution is -2.27. The molecule has 0 saturated heterocycles. The first kappa shape index (κ1) is 19.7. The quantitative estimate of drug-likeness (QED) is 0.362. The Labute approximate surface area is 185 Å². The van der Waals surface area contributed by atoms with Crippen LogP contribution in [0.25, 0.3) is 10.4 Å². The minimum Gasteiger partial charge on any atom is -0.228 e. The van der Waals surface area contributed by atoms with Crippen molar-refractivity contribution in [1.82, 2.24) is 4.98 Å². The summed E-state index contributed by atoms with van der Waals surface area (Å²) in [5.74, 6) is 0.327. The molecule has 1 atom stereocenters. The summed E-state index contributed by atoms with van der Waals surface area (Å²) in [5, 5.41) is 0.926. The van der Waals surface area contributed by atoms with E-state index < -0.39 is 5.95 Å². The number of halogens is 2. The average Bonchev–Trinajstić information content (AvgIpc) is 3.51. The van der Waals surface area contributed by atoms with E-state index in [0.717, 1.165) is 40.7 Å². The summed E-state index contributed by atoms with van der Waals surface area (Å²) in [5.41, 5.74) is 3.62. The second-order valence-corrected chi connectivity index (χ2v) is 10.0. The Balaban J connectivity index is 1.40. The standard InChI is InChI=1S/C26H23ClFNS/c27-24-3-1-2-14-26(24,15-18-4-6-19(7-5-18)20-8-9-20)16-22-11-12-23(30-22)21-10-13-25(28)29-17-21/h1-7,10-13,17,20H,8-9,14-16H2. The van der Waals surface area contributed by atoms with Gasteiger partial charge in [0.05, 0.1) is 0 Å². The van der Waals surface area contributed by atoms with E-state index in [1.807, 2.05) is 6.08 Å². The number of aromatic nitrogens is 1. The third-order valence-electron chi connectivity index (χ3n) is 6.15. The lowest BCUT2D eigenvalue weighted by atomic mass is 9.73. The van der Waals surface area contributed by atoms with E-state index in [1.165, 1.54) is 34.9 Å². The normalized spacial score (nSPS) is 20.9. The van der Waals surface area contributed by atoms with Crippen molar-refractivity contribution in [1.29, 1.82) is 0 Å². The lowest BCUT2D eigenvalue weighted by molar-refractivity contribution is 0.370. The summed E-state index contributed by atoms with van der Waals surface area (Å²) in [6.45, 7) is 0. The van der Waals surface area contributed by atoms with E-state index >= 15 is 0 Å². The van der Waals surface area contributed by atoms with Crippen LogP contribution >= 0.6 is 22.9 Å². The Morgan fingerprint density at radius 3 is 2.57 bits per heavy atom. The van der Waals surface area contributed by atoms with Crippen LogP contribution in [0.4, 0.5) is 4.39 Å². The molecule has 0 aliphatic heterocycles. The van der Waals surface area contributed by atoms with Gasteiger partial charge in [-0.15, -0.1) is 11.3 Å². The van der Waals surface area contributed by atoms with Crippen LogP contribution in [0.3, 0.4) is 0 Å². The van der Waals surface area contributed by atoms with E-state index in [1.54, 1.807) is 23.6 Å². The van der Waals surface area contributed by atoms with Gasteiger partial charge in [-0.05, 0) is 79.5 Å². The topological polar surface area (TPSA) is 12.9 Å². The van der Waals surface area contributed by atoms with Gasteiger partial charge in [-0.1, -0.05) is 48.0 Å². The van der Waals surface area contributed by atoms with E-state index in [9.17, 15) is 4.39 Å². The van der Waals surface area contributed by atoms with Crippen molar-refractivity contribution >= 4 is 22.9 Å². The molecule has 1 fully saturated rings. The maximum Gasteiger partial charge on any atom is 0.212 e. The zero-order valence-electron chi connectivity index (χ0n) is 16.7. The Morgan fingerprint density at radius 2 is 1.87 bits per heavy atom. The maximum atomic E-state index is 13.2. The largest absolute Gasteiger partial charge is 0.228 e. The zero-order valence-corrected chi connectivity index (χ0v) is 18.2. The molecule has 30 heavy (non-hydrogen) atoms. The van der Waals surface area contributed by atoms with Crippen LogP contribution in [-0.4, -0.2) is 4.98 Å². The van der Waals surface area contributed by atoms with Crippen LogP contribution in [0.2, 0.25) is 0 Å². The van der Waals surface area contributed by atoms with Crippen molar-refractivity contribution < 1.29 is 4.39 Å². The van der Waals surface area contributed by atoms with Gasteiger partial charge in [0, 0.05) is 32.0 Å². The monoisotopic (exact) mass is 435 g/mol. The molecule has 152 valence electrons. The van der Waals surface area contributed by atoms with Crippen LogP contribution in [0.5, 0.6) is 0 Å². The number of benzene rings is 1. The van der Waals surface area contributed by atoms with Gasteiger partial charge in [0.2, 0.25) is 5.95 Å². The predicted octanol–water partition coefficient (Wildman–Crippen LogP) is 7.68. The molecular formula is C26H23ClFNS. The van der Waals surface area contributed by atoms with Gasteiger partial charge in [-0.2, -0.15) is 4.39 Å².